The van der Waals surface area contributed by atoms with Gasteiger partial charge in [-0.2, -0.15) is 0 Å². The van der Waals surface area contributed by atoms with Crippen molar-refractivity contribution in [3.8, 4) is 0 Å². The van der Waals surface area contributed by atoms with Crippen LogP contribution in [0.5, 0.6) is 0 Å². The Morgan fingerprint density at radius 3 is 1.88 bits per heavy atom. The molecule has 0 aliphatic rings. The fourth-order valence-corrected chi connectivity index (χ4v) is 2.31. The molecule has 25 heavy (non-hydrogen) atoms. The zero-order chi connectivity index (χ0) is 18.8. The van der Waals surface area contributed by atoms with Gasteiger partial charge < -0.3 is 10.6 Å². The van der Waals surface area contributed by atoms with Crippen molar-refractivity contribution in [2.75, 3.05) is 10.6 Å². The molecule has 0 saturated heterocycles. The van der Waals surface area contributed by atoms with Crippen LogP contribution in [0.4, 0.5) is 24.5 Å². The number of rotatable bonds is 6. The van der Waals surface area contributed by atoms with Gasteiger partial charge in [-0.1, -0.05) is 24.3 Å². The van der Waals surface area contributed by atoms with Crippen LogP contribution in [-0.2, 0) is 11.6 Å². The Morgan fingerprint density at radius 2 is 1.36 bits per heavy atom. The summed E-state index contributed by atoms with van der Waals surface area (Å²) in [5.74, 6) is -2.66. The normalized spacial score (nSPS) is 12.0. The van der Waals surface area contributed by atoms with Gasteiger partial charge in [0.25, 0.3) is 5.92 Å². The lowest BCUT2D eigenvalue weighted by Crippen LogP contribution is -2.15. The van der Waals surface area contributed by atoms with Gasteiger partial charge in [-0.05, 0) is 56.7 Å². The minimum absolute atomic E-state index is 0.178. The van der Waals surface area contributed by atoms with Gasteiger partial charge in [0.2, 0.25) is 0 Å². The summed E-state index contributed by atoms with van der Waals surface area (Å²) < 4.78 is 41.8. The molecule has 2 aromatic carbocycles. The smallest absolute Gasteiger partial charge is 0.270 e. The summed E-state index contributed by atoms with van der Waals surface area (Å²) in [6, 6.07) is 11.7. The van der Waals surface area contributed by atoms with Crippen molar-refractivity contribution in [3.05, 3.63) is 71.6 Å². The third-order valence-electron chi connectivity index (χ3n) is 3.77. The van der Waals surface area contributed by atoms with Crippen molar-refractivity contribution in [1.29, 1.82) is 0 Å². The van der Waals surface area contributed by atoms with E-state index in [4.69, 9.17) is 0 Å². The van der Waals surface area contributed by atoms with E-state index < -0.39 is 11.6 Å². The van der Waals surface area contributed by atoms with E-state index in [1.807, 2.05) is 31.2 Å². The molecule has 0 radical (unpaired) electrons. The Kier molecular flexibility index (Phi) is 5.16. The zero-order valence-corrected chi connectivity index (χ0v) is 14.9. The van der Waals surface area contributed by atoms with Gasteiger partial charge in [-0.3, -0.25) is 0 Å². The van der Waals surface area contributed by atoms with Crippen LogP contribution in [0.2, 0.25) is 0 Å². The largest absolute Gasteiger partial charge is 0.342 e. The van der Waals surface area contributed by atoms with Crippen LogP contribution in [0.3, 0.4) is 0 Å². The molecule has 134 valence electrons. The Bertz CT molecular complexity index is 722. The average molecular weight is 348 g/mol. The number of halogens is 3. The quantitative estimate of drug-likeness (QED) is 0.639. The van der Waals surface area contributed by atoms with Crippen LogP contribution in [0.25, 0.3) is 0 Å². The van der Waals surface area contributed by atoms with E-state index in [2.05, 4.69) is 17.2 Å². The molecule has 0 atom stereocenters. The van der Waals surface area contributed by atoms with Gasteiger partial charge >= 0.3 is 0 Å². The second-order valence-electron chi connectivity index (χ2n) is 6.75. The molecular formula is C20H23F3N2. The molecule has 5 heteroatoms. The van der Waals surface area contributed by atoms with Gasteiger partial charge in [-0.15, -0.1) is 0 Å². The first-order chi connectivity index (χ1) is 11.4. The van der Waals surface area contributed by atoms with Gasteiger partial charge in [0.1, 0.15) is 11.5 Å². The minimum atomic E-state index is -3.07. The Balaban J connectivity index is 2.25. The molecule has 2 rings (SSSR count). The maximum atomic E-state index is 14.3. The molecule has 2 aromatic rings. The molecule has 0 heterocycles. The number of anilines is 2. The molecule has 0 unspecified atom stereocenters. The summed E-state index contributed by atoms with van der Waals surface area (Å²) in [7, 11) is 0. The van der Waals surface area contributed by atoms with Crippen molar-refractivity contribution >= 4 is 11.4 Å². The van der Waals surface area contributed by atoms with Crippen molar-refractivity contribution in [1.82, 2.24) is 0 Å². The fraction of sp³-hybridized carbons (Fsp3) is 0.300. The van der Waals surface area contributed by atoms with Gasteiger partial charge in [0.15, 0.2) is 0 Å². The molecular weight excluding hydrogens is 325 g/mol. The van der Waals surface area contributed by atoms with Crippen LogP contribution >= 0.6 is 0 Å². The van der Waals surface area contributed by atoms with E-state index in [1.165, 1.54) is 32.0 Å². The number of alkyl halides is 3. The van der Waals surface area contributed by atoms with Crippen LogP contribution < -0.4 is 10.6 Å². The topological polar surface area (TPSA) is 24.1 Å². The highest BCUT2D eigenvalue weighted by atomic mass is 19.3. The first-order valence-electron chi connectivity index (χ1n) is 7.97. The molecule has 2 nitrogen and oxygen atoms in total. The number of hydrogen-bond acceptors (Lipinski definition) is 2. The number of nitrogens with one attached hydrogen (secondary N) is 2. The third kappa shape index (κ3) is 5.28. The van der Waals surface area contributed by atoms with E-state index in [9.17, 15) is 13.2 Å². The lowest BCUT2D eigenvalue weighted by Gasteiger charge is -2.21. The van der Waals surface area contributed by atoms with Gasteiger partial charge in [0, 0.05) is 23.9 Å². The molecule has 0 spiro atoms. The molecule has 0 fully saturated rings. The predicted octanol–water partition coefficient (Wildman–Crippen LogP) is 6.31. The van der Waals surface area contributed by atoms with E-state index in [-0.39, 0.29) is 11.1 Å². The average Bonchev–Trinajstić information content (AvgIpc) is 2.47. The number of hydrogen-bond donors (Lipinski definition) is 2. The highest BCUT2D eigenvalue weighted by Crippen LogP contribution is 2.35. The lowest BCUT2D eigenvalue weighted by molar-refractivity contribution is 0.0172. The van der Waals surface area contributed by atoms with Crippen LogP contribution in [0, 0.1) is 6.92 Å². The standard InChI is InChI=1S/C20H23F3N2/c1-13-6-8-17(9-7-13)24-14(2)25-18-11-15(19(3,4)21)10-16(12-18)20(5,22)23/h6-12,24-25H,2H2,1,3-5H3. The third-order valence-corrected chi connectivity index (χ3v) is 3.77. The minimum Gasteiger partial charge on any atom is -0.342 e. The molecule has 0 aliphatic carbocycles. The van der Waals surface area contributed by atoms with E-state index >= 15 is 0 Å². The van der Waals surface area contributed by atoms with E-state index in [0.29, 0.717) is 11.5 Å². The van der Waals surface area contributed by atoms with E-state index in [0.717, 1.165) is 18.2 Å². The van der Waals surface area contributed by atoms with Crippen molar-refractivity contribution in [2.45, 2.75) is 39.3 Å². The summed E-state index contributed by atoms with van der Waals surface area (Å²) in [6.45, 7) is 9.29. The second kappa shape index (κ2) is 6.82. The molecule has 2 N–H and O–H groups in total. The van der Waals surface area contributed by atoms with Crippen LogP contribution in [0.1, 0.15) is 37.5 Å². The van der Waals surface area contributed by atoms with Crippen LogP contribution in [0.15, 0.2) is 54.9 Å². The molecule has 0 amide bonds. The monoisotopic (exact) mass is 348 g/mol. The first-order valence-corrected chi connectivity index (χ1v) is 7.97. The highest BCUT2D eigenvalue weighted by molar-refractivity contribution is 5.58. The summed E-state index contributed by atoms with van der Waals surface area (Å²) in [5.41, 5.74) is 0.481. The molecule has 0 aromatic heterocycles. The number of benzene rings is 2. The summed E-state index contributed by atoms with van der Waals surface area (Å²) in [4.78, 5) is 0. The highest BCUT2D eigenvalue weighted by Gasteiger charge is 2.28. The fourth-order valence-electron chi connectivity index (χ4n) is 2.31. The Morgan fingerprint density at radius 1 is 0.840 bits per heavy atom. The lowest BCUT2D eigenvalue weighted by atomic mass is 9.95. The molecule has 0 aliphatic heterocycles. The summed E-state index contributed by atoms with van der Waals surface area (Å²) >= 11 is 0. The Labute approximate surface area is 146 Å². The number of aryl methyl sites for hydroxylation is 1. The van der Waals surface area contributed by atoms with E-state index in [1.54, 1.807) is 0 Å². The predicted molar refractivity (Wildman–Crippen MR) is 97.7 cm³/mol. The van der Waals surface area contributed by atoms with Crippen LogP contribution in [-0.4, -0.2) is 0 Å². The first kappa shape index (κ1) is 18.9. The SMILES string of the molecule is C=C(Nc1ccc(C)cc1)Nc1cc(C(C)(C)F)cc(C(C)(F)F)c1. The summed E-state index contributed by atoms with van der Waals surface area (Å²) in [6.07, 6.45) is 0. The van der Waals surface area contributed by atoms with Crippen molar-refractivity contribution in [2.24, 2.45) is 0 Å². The Hall–Kier alpha value is -2.43. The molecule has 0 saturated carbocycles. The summed E-state index contributed by atoms with van der Waals surface area (Å²) in [5, 5.41) is 5.97. The van der Waals surface area contributed by atoms with Crippen molar-refractivity contribution in [3.63, 3.8) is 0 Å². The zero-order valence-electron chi connectivity index (χ0n) is 14.9. The van der Waals surface area contributed by atoms with Crippen molar-refractivity contribution < 1.29 is 13.2 Å². The maximum Gasteiger partial charge on any atom is 0.270 e. The molecule has 0 bridgehead atoms. The maximum absolute atomic E-state index is 14.3. The second-order valence-corrected chi connectivity index (χ2v) is 6.75. The van der Waals surface area contributed by atoms with Gasteiger partial charge in [-0.25, -0.2) is 13.2 Å². The van der Waals surface area contributed by atoms with Gasteiger partial charge in [0.05, 0.1) is 0 Å².